The average Bonchev–Trinajstić information content (AvgIpc) is 3.27. The lowest BCUT2D eigenvalue weighted by Gasteiger charge is -2.24. The van der Waals surface area contributed by atoms with E-state index >= 15 is 0 Å². The molecule has 4 unspecified atom stereocenters. The number of primary amides is 2. The summed E-state index contributed by atoms with van der Waals surface area (Å²) in [7, 11) is 0. The molecule has 1 aromatic heterocycles. The van der Waals surface area contributed by atoms with Crippen molar-refractivity contribution in [2.75, 3.05) is 6.61 Å². The van der Waals surface area contributed by atoms with Crippen molar-refractivity contribution in [3.05, 3.63) is 18.2 Å². The Morgan fingerprint density at radius 1 is 0.941 bits per heavy atom. The topological polar surface area (TPSA) is 286 Å². The monoisotopic (exact) mass is 484 g/mol. The van der Waals surface area contributed by atoms with Crippen molar-refractivity contribution >= 4 is 35.5 Å². The van der Waals surface area contributed by atoms with Gasteiger partial charge in [0.05, 0.1) is 25.4 Å². The van der Waals surface area contributed by atoms with Gasteiger partial charge in [0.1, 0.15) is 18.1 Å². The van der Waals surface area contributed by atoms with Gasteiger partial charge in [-0.25, -0.2) is 9.78 Å². The lowest BCUT2D eigenvalue weighted by molar-refractivity contribution is -0.143. The Labute approximate surface area is 193 Å². The molecule has 0 spiro atoms. The number of carbonyl (C=O) groups is 6. The van der Waals surface area contributed by atoms with Gasteiger partial charge in [-0.05, 0) is 6.42 Å². The fourth-order valence-electron chi connectivity index (χ4n) is 2.67. The number of aromatic amines is 1. The number of nitrogens with zero attached hydrogens (tertiary/aromatic N) is 1. The van der Waals surface area contributed by atoms with Crippen LogP contribution in [0.25, 0.3) is 0 Å². The number of carboxylic acids is 1. The zero-order valence-corrected chi connectivity index (χ0v) is 18.0. The fourth-order valence-corrected chi connectivity index (χ4v) is 2.67. The molecule has 0 aliphatic carbocycles. The number of carboxylic acid groups (broad SMARTS) is 1. The third-order valence-corrected chi connectivity index (χ3v) is 4.49. The molecule has 5 amide bonds. The van der Waals surface area contributed by atoms with Gasteiger partial charge in [0.15, 0.2) is 0 Å². The van der Waals surface area contributed by atoms with Crippen LogP contribution in [-0.4, -0.2) is 86.5 Å². The highest BCUT2D eigenvalue weighted by molar-refractivity contribution is 5.95. The van der Waals surface area contributed by atoms with E-state index in [1.807, 2.05) is 0 Å². The maximum absolute atomic E-state index is 12.7. The van der Waals surface area contributed by atoms with Crippen LogP contribution in [0.5, 0.6) is 0 Å². The number of aliphatic hydroxyl groups excluding tert-OH is 1. The van der Waals surface area contributed by atoms with E-state index in [1.165, 1.54) is 12.5 Å². The molecule has 0 saturated heterocycles. The zero-order valence-electron chi connectivity index (χ0n) is 18.0. The van der Waals surface area contributed by atoms with Gasteiger partial charge in [0, 0.05) is 24.7 Å². The van der Waals surface area contributed by atoms with Gasteiger partial charge in [0.2, 0.25) is 29.5 Å². The van der Waals surface area contributed by atoms with Gasteiger partial charge in [0.25, 0.3) is 0 Å². The first-order valence-electron chi connectivity index (χ1n) is 9.98. The molecular weight excluding hydrogens is 456 g/mol. The number of imidazole rings is 1. The highest BCUT2D eigenvalue weighted by Crippen LogP contribution is 2.03. The van der Waals surface area contributed by atoms with Crippen molar-refractivity contribution in [1.82, 2.24) is 25.9 Å². The Kier molecular flexibility index (Phi) is 11.1. The van der Waals surface area contributed by atoms with Crippen molar-refractivity contribution < 1.29 is 39.0 Å². The maximum atomic E-state index is 12.7. The van der Waals surface area contributed by atoms with Crippen LogP contribution in [-0.2, 0) is 35.2 Å². The molecule has 1 heterocycles. The van der Waals surface area contributed by atoms with Crippen LogP contribution in [0.4, 0.5) is 0 Å². The smallest absolute Gasteiger partial charge is 0.326 e. The van der Waals surface area contributed by atoms with Gasteiger partial charge in [-0.3, -0.25) is 24.0 Å². The normalized spacial score (nSPS) is 14.2. The maximum Gasteiger partial charge on any atom is 0.326 e. The van der Waals surface area contributed by atoms with Crippen LogP contribution >= 0.6 is 0 Å². The zero-order chi connectivity index (χ0) is 25.8. The first kappa shape index (κ1) is 28.0. The molecule has 0 fully saturated rings. The summed E-state index contributed by atoms with van der Waals surface area (Å²) in [5, 5.41) is 25.3. The fraction of sp³-hybridized carbons (Fsp3) is 0.500. The molecule has 12 N–H and O–H groups in total. The quantitative estimate of drug-likeness (QED) is 0.114. The lowest BCUT2D eigenvalue weighted by Crippen LogP contribution is -2.58. The number of aromatic nitrogens is 2. The van der Waals surface area contributed by atoms with Gasteiger partial charge < -0.3 is 48.3 Å². The molecule has 34 heavy (non-hydrogen) atoms. The standard InChI is InChI=1S/C18H28N8O8/c19-9(1-2-13(20)28)15(30)26-12(6-27)17(32)24-10(3-8-5-22-7-23-8)16(31)25-11(18(33)34)4-14(21)29/h5,7,9-12,27H,1-4,6,19H2,(H2,20,28)(H2,21,29)(H,22,23)(H,24,32)(H,25,31)(H,26,30)(H,33,34). The number of H-pyrrole nitrogens is 1. The molecule has 4 atom stereocenters. The summed E-state index contributed by atoms with van der Waals surface area (Å²) in [6, 6.07) is -5.76. The van der Waals surface area contributed by atoms with E-state index in [0.717, 1.165) is 0 Å². The molecule has 1 rings (SSSR count). The number of hydrogen-bond donors (Lipinski definition) is 9. The highest BCUT2D eigenvalue weighted by atomic mass is 16.4. The van der Waals surface area contributed by atoms with E-state index in [1.54, 1.807) is 0 Å². The lowest BCUT2D eigenvalue weighted by atomic mass is 10.1. The molecule has 16 heteroatoms. The van der Waals surface area contributed by atoms with Crippen LogP contribution < -0.4 is 33.2 Å². The first-order chi connectivity index (χ1) is 15.9. The van der Waals surface area contributed by atoms with E-state index in [2.05, 4.69) is 25.9 Å². The van der Waals surface area contributed by atoms with Crippen LogP contribution in [0.2, 0.25) is 0 Å². The van der Waals surface area contributed by atoms with Crippen molar-refractivity contribution in [3.63, 3.8) is 0 Å². The van der Waals surface area contributed by atoms with Crippen LogP contribution in [0.3, 0.4) is 0 Å². The summed E-state index contributed by atoms with van der Waals surface area (Å²) in [6.07, 6.45) is 1.53. The number of rotatable bonds is 15. The third-order valence-electron chi connectivity index (χ3n) is 4.49. The summed E-state index contributed by atoms with van der Waals surface area (Å²) in [5.74, 6) is -5.99. The van der Waals surface area contributed by atoms with Gasteiger partial charge in [-0.15, -0.1) is 0 Å². The minimum absolute atomic E-state index is 0.0950. The van der Waals surface area contributed by atoms with Crippen molar-refractivity contribution in [3.8, 4) is 0 Å². The molecule has 0 bridgehead atoms. The Morgan fingerprint density at radius 3 is 2.03 bits per heavy atom. The Balaban J connectivity index is 2.93. The molecule has 0 aliphatic rings. The van der Waals surface area contributed by atoms with E-state index in [4.69, 9.17) is 17.2 Å². The second kappa shape index (κ2) is 13.5. The van der Waals surface area contributed by atoms with Crippen molar-refractivity contribution in [1.29, 1.82) is 0 Å². The summed E-state index contributed by atoms with van der Waals surface area (Å²) in [4.78, 5) is 77.2. The molecule has 0 aliphatic heterocycles. The van der Waals surface area contributed by atoms with Gasteiger partial charge in [-0.1, -0.05) is 0 Å². The second-order valence-electron chi connectivity index (χ2n) is 7.27. The summed E-state index contributed by atoms with van der Waals surface area (Å²) in [6.45, 7) is -0.863. The van der Waals surface area contributed by atoms with Crippen molar-refractivity contribution in [2.45, 2.75) is 49.9 Å². The molecule has 0 aromatic carbocycles. The number of aliphatic hydroxyl groups is 1. The molecule has 1 aromatic rings. The predicted octanol–water partition coefficient (Wildman–Crippen LogP) is -5.05. The summed E-state index contributed by atoms with van der Waals surface area (Å²) >= 11 is 0. The summed E-state index contributed by atoms with van der Waals surface area (Å²) in [5.41, 5.74) is 16.0. The average molecular weight is 484 g/mol. The molecule has 16 nitrogen and oxygen atoms in total. The molecule has 188 valence electrons. The van der Waals surface area contributed by atoms with E-state index in [0.29, 0.717) is 5.69 Å². The first-order valence-corrected chi connectivity index (χ1v) is 9.98. The number of carbonyl (C=O) groups excluding carboxylic acids is 5. The third kappa shape index (κ3) is 9.61. The highest BCUT2D eigenvalue weighted by Gasteiger charge is 2.31. The number of aliphatic carboxylic acids is 1. The predicted molar refractivity (Wildman–Crippen MR) is 113 cm³/mol. The van der Waals surface area contributed by atoms with Crippen LogP contribution in [0.15, 0.2) is 12.5 Å². The molecule has 0 radical (unpaired) electrons. The minimum atomic E-state index is -1.65. The second-order valence-corrected chi connectivity index (χ2v) is 7.27. The minimum Gasteiger partial charge on any atom is -0.480 e. The van der Waals surface area contributed by atoms with Crippen LogP contribution in [0.1, 0.15) is 25.0 Å². The number of nitrogens with two attached hydrogens (primary N) is 3. The van der Waals surface area contributed by atoms with E-state index in [-0.39, 0.29) is 19.3 Å². The van der Waals surface area contributed by atoms with Crippen LogP contribution in [0, 0.1) is 0 Å². The Hall–Kier alpha value is -4.05. The number of amides is 5. The SMILES string of the molecule is NC(=O)CCC(N)C(=O)NC(CO)C(=O)NC(Cc1cnc[nH]1)C(=O)NC(CC(N)=O)C(=O)O. The Morgan fingerprint density at radius 2 is 1.53 bits per heavy atom. The number of nitrogens with one attached hydrogen (secondary N) is 4. The van der Waals surface area contributed by atoms with Gasteiger partial charge >= 0.3 is 5.97 Å². The van der Waals surface area contributed by atoms with Crippen molar-refractivity contribution in [2.24, 2.45) is 17.2 Å². The summed E-state index contributed by atoms with van der Waals surface area (Å²) < 4.78 is 0. The van der Waals surface area contributed by atoms with Gasteiger partial charge in [-0.2, -0.15) is 0 Å². The largest absolute Gasteiger partial charge is 0.480 e. The van der Waals surface area contributed by atoms with E-state index in [9.17, 15) is 39.0 Å². The van der Waals surface area contributed by atoms with E-state index < -0.39 is 72.7 Å². The molecule has 0 saturated carbocycles. The number of hydrogen-bond acceptors (Lipinski definition) is 9. The molecular formula is C18H28N8O8. The Bertz CT molecular complexity index is 891.